The lowest BCUT2D eigenvalue weighted by molar-refractivity contribution is 1.18. The van der Waals surface area contributed by atoms with Gasteiger partial charge >= 0.3 is 0 Å². The molecule has 1 aliphatic carbocycles. The molecule has 0 saturated carbocycles. The SMILES string of the molecule is c1ccc(-c2cc(-c3ccccc3)nc(-c3cccc(-n4c5ccccc5c5cc(-c6ccc7c(c6)-c6ccccc6C7)ccc54)c3)c2)cc1. The Bertz CT molecular complexity index is 2660. The molecule has 1 aliphatic rings. The maximum absolute atomic E-state index is 5.22. The first-order valence-electron chi connectivity index (χ1n) is 17.3. The predicted octanol–water partition coefficient (Wildman–Crippen LogP) is 12.4. The summed E-state index contributed by atoms with van der Waals surface area (Å²) in [5.74, 6) is 0. The highest BCUT2D eigenvalue weighted by molar-refractivity contribution is 6.10. The first-order valence-corrected chi connectivity index (χ1v) is 17.3. The molecule has 7 aromatic carbocycles. The summed E-state index contributed by atoms with van der Waals surface area (Å²) in [7, 11) is 0. The van der Waals surface area contributed by atoms with Gasteiger partial charge in [-0.2, -0.15) is 0 Å². The van der Waals surface area contributed by atoms with E-state index in [1.54, 1.807) is 0 Å². The van der Waals surface area contributed by atoms with E-state index in [4.69, 9.17) is 4.98 Å². The third-order valence-electron chi connectivity index (χ3n) is 10.2. The van der Waals surface area contributed by atoms with Crippen LogP contribution in [0, 0.1) is 0 Å². The van der Waals surface area contributed by atoms with Crippen LogP contribution < -0.4 is 0 Å². The average Bonchev–Trinajstić information content (AvgIpc) is 3.73. The van der Waals surface area contributed by atoms with Crippen LogP contribution in [-0.4, -0.2) is 9.55 Å². The number of benzene rings is 7. The number of aromatic nitrogens is 2. The van der Waals surface area contributed by atoms with Crippen LogP contribution in [0.25, 0.3) is 83.4 Å². The van der Waals surface area contributed by atoms with Crippen molar-refractivity contribution in [3.8, 4) is 61.6 Å². The Morgan fingerprint density at radius 1 is 0.360 bits per heavy atom. The molecule has 10 rings (SSSR count). The fourth-order valence-electron chi connectivity index (χ4n) is 7.77. The third kappa shape index (κ3) is 4.76. The second-order valence-corrected chi connectivity index (χ2v) is 13.2. The van der Waals surface area contributed by atoms with Gasteiger partial charge in [0.25, 0.3) is 0 Å². The molecule has 0 radical (unpaired) electrons. The predicted molar refractivity (Wildman–Crippen MR) is 209 cm³/mol. The second kappa shape index (κ2) is 11.6. The summed E-state index contributed by atoms with van der Waals surface area (Å²) in [4.78, 5) is 5.22. The van der Waals surface area contributed by atoms with Crippen molar-refractivity contribution in [1.82, 2.24) is 9.55 Å². The zero-order chi connectivity index (χ0) is 33.0. The number of para-hydroxylation sites is 1. The highest BCUT2D eigenvalue weighted by Gasteiger charge is 2.19. The Balaban J connectivity index is 1.11. The quantitative estimate of drug-likeness (QED) is 0.184. The normalized spacial score (nSPS) is 11.9. The number of fused-ring (bicyclic) bond motifs is 6. The largest absolute Gasteiger partial charge is 0.309 e. The molecule has 0 bridgehead atoms. The van der Waals surface area contributed by atoms with Crippen molar-refractivity contribution in [2.45, 2.75) is 6.42 Å². The Hall–Kier alpha value is -6.51. The van der Waals surface area contributed by atoms with Crippen molar-refractivity contribution in [1.29, 1.82) is 0 Å². The van der Waals surface area contributed by atoms with E-state index < -0.39 is 0 Å². The maximum atomic E-state index is 5.22. The first kappa shape index (κ1) is 28.5. The van der Waals surface area contributed by atoms with Crippen LogP contribution in [0.15, 0.2) is 182 Å². The smallest absolute Gasteiger partial charge is 0.0716 e. The van der Waals surface area contributed by atoms with Gasteiger partial charge < -0.3 is 4.57 Å². The number of hydrogen-bond acceptors (Lipinski definition) is 1. The number of hydrogen-bond donors (Lipinski definition) is 0. The van der Waals surface area contributed by atoms with Gasteiger partial charge in [-0.3, -0.25) is 0 Å². The summed E-state index contributed by atoms with van der Waals surface area (Å²) in [6.07, 6.45) is 1.01. The Labute approximate surface area is 291 Å². The van der Waals surface area contributed by atoms with Gasteiger partial charge in [0.2, 0.25) is 0 Å². The fraction of sp³-hybridized carbons (Fsp3) is 0.0208. The van der Waals surface area contributed by atoms with Crippen molar-refractivity contribution in [3.63, 3.8) is 0 Å². The molecule has 2 aromatic heterocycles. The van der Waals surface area contributed by atoms with Gasteiger partial charge in [0.1, 0.15) is 0 Å². The third-order valence-corrected chi connectivity index (χ3v) is 10.2. The van der Waals surface area contributed by atoms with Crippen LogP contribution in [-0.2, 0) is 6.42 Å². The van der Waals surface area contributed by atoms with E-state index in [-0.39, 0.29) is 0 Å². The van der Waals surface area contributed by atoms with E-state index in [9.17, 15) is 0 Å². The molecule has 0 saturated heterocycles. The molecule has 0 N–H and O–H groups in total. The summed E-state index contributed by atoms with van der Waals surface area (Å²) >= 11 is 0. The highest BCUT2D eigenvalue weighted by Crippen LogP contribution is 2.41. The van der Waals surface area contributed by atoms with Gasteiger partial charge in [0.05, 0.1) is 22.4 Å². The molecule has 234 valence electrons. The number of nitrogens with zero attached hydrogens (tertiary/aromatic N) is 2. The second-order valence-electron chi connectivity index (χ2n) is 13.2. The molecule has 0 unspecified atom stereocenters. The number of pyridine rings is 1. The van der Waals surface area contributed by atoms with E-state index in [2.05, 4.69) is 187 Å². The minimum atomic E-state index is 0.952. The molecule has 2 nitrogen and oxygen atoms in total. The lowest BCUT2D eigenvalue weighted by Gasteiger charge is -2.13. The van der Waals surface area contributed by atoms with Gasteiger partial charge in [-0.1, -0.05) is 133 Å². The molecular formula is C48H32N2. The molecule has 9 aromatic rings. The van der Waals surface area contributed by atoms with E-state index in [0.717, 1.165) is 40.2 Å². The van der Waals surface area contributed by atoms with Crippen molar-refractivity contribution < 1.29 is 0 Å². The van der Waals surface area contributed by atoms with Crippen molar-refractivity contribution >= 4 is 21.8 Å². The van der Waals surface area contributed by atoms with Crippen molar-refractivity contribution in [2.24, 2.45) is 0 Å². The van der Waals surface area contributed by atoms with Crippen LogP contribution in [0.4, 0.5) is 0 Å². The lowest BCUT2D eigenvalue weighted by Crippen LogP contribution is -1.96. The standard InChI is InChI=1S/C48H32N2/c1-3-12-32(13-4-1)39-30-45(33-14-5-2-6-15-33)49-46(31-39)38-17-11-18-40(27-38)50-47-21-10-9-20-42(47)44-29-35(24-25-48(44)50)34-22-23-37-26-36-16-7-8-19-41(36)43(37)28-34/h1-25,27-31H,26H2. The Morgan fingerprint density at radius 3 is 1.86 bits per heavy atom. The van der Waals surface area contributed by atoms with Crippen LogP contribution >= 0.6 is 0 Å². The number of rotatable bonds is 5. The van der Waals surface area contributed by atoms with Crippen LogP contribution in [0.1, 0.15) is 11.1 Å². The zero-order valence-electron chi connectivity index (χ0n) is 27.4. The summed E-state index contributed by atoms with van der Waals surface area (Å²) in [6, 6.07) is 65.7. The van der Waals surface area contributed by atoms with Crippen LogP contribution in [0.5, 0.6) is 0 Å². The molecule has 50 heavy (non-hydrogen) atoms. The van der Waals surface area contributed by atoms with Gasteiger partial charge in [-0.05, 0) is 99.5 Å². The minimum Gasteiger partial charge on any atom is -0.309 e. The van der Waals surface area contributed by atoms with E-state index in [1.807, 2.05) is 0 Å². The van der Waals surface area contributed by atoms with E-state index >= 15 is 0 Å². The zero-order valence-corrected chi connectivity index (χ0v) is 27.4. The van der Waals surface area contributed by atoms with Gasteiger partial charge in [-0.25, -0.2) is 4.98 Å². The molecule has 2 heteroatoms. The van der Waals surface area contributed by atoms with Crippen LogP contribution in [0.2, 0.25) is 0 Å². The van der Waals surface area contributed by atoms with Crippen molar-refractivity contribution in [2.75, 3.05) is 0 Å². The fourth-order valence-corrected chi connectivity index (χ4v) is 7.77. The minimum absolute atomic E-state index is 0.952. The molecule has 0 atom stereocenters. The van der Waals surface area contributed by atoms with Crippen molar-refractivity contribution in [3.05, 3.63) is 193 Å². The summed E-state index contributed by atoms with van der Waals surface area (Å²) < 4.78 is 2.40. The van der Waals surface area contributed by atoms with Gasteiger partial charge in [-0.15, -0.1) is 0 Å². The summed E-state index contributed by atoms with van der Waals surface area (Å²) in [5.41, 5.74) is 18.0. The Kier molecular flexibility index (Phi) is 6.60. The summed E-state index contributed by atoms with van der Waals surface area (Å²) in [5, 5.41) is 2.50. The van der Waals surface area contributed by atoms with Crippen LogP contribution in [0.3, 0.4) is 0 Å². The molecule has 0 fully saturated rings. The molecular weight excluding hydrogens is 605 g/mol. The summed E-state index contributed by atoms with van der Waals surface area (Å²) in [6.45, 7) is 0. The highest BCUT2D eigenvalue weighted by atomic mass is 15.0. The molecule has 2 heterocycles. The molecule has 0 aliphatic heterocycles. The van der Waals surface area contributed by atoms with E-state index in [0.29, 0.717) is 0 Å². The van der Waals surface area contributed by atoms with Gasteiger partial charge in [0, 0.05) is 27.6 Å². The first-order chi connectivity index (χ1) is 24.8. The average molecular weight is 637 g/mol. The molecule has 0 spiro atoms. The lowest BCUT2D eigenvalue weighted by atomic mass is 9.97. The maximum Gasteiger partial charge on any atom is 0.0716 e. The monoisotopic (exact) mass is 636 g/mol. The van der Waals surface area contributed by atoms with Gasteiger partial charge in [0.15, 0.2) is 0 Å². The Morgan fingerprint density at radius 2 is 1.00 bits per heavy atom. The molecule has 0 amide bonds. The van der Waals surface area contributed by atoms with E-state index in [1.165, 1.54) is 60.8 Å². The topological polar surface area (TPSA) is 17.8 Å².